The summed E-state index contributed by atoms with van der Waals surface area (Å²) in [5, 5.41) is 7.88. The lowest BCUT2D eigenvalue weighted by Crippen LogP contribution is -2.40. The van der Waals surface area contributed by atoms with Crippen LogP contribution < -0.4 is 22.1 Å². The van der Waals surface area contributed by atoms with Crippen LogP contribution in [0, 0.1) is 11.2 Å². The normalized spacial score (nSPS) is 15.0. The molecule has 0 saturated carbocycles. The van der Waals surface area contributed by atoms with E-state index in [0.717, 1.165) is 49.3 Å². The molecule has 150 valence electrons. The van der Waals surface area contributed by atoms with E-state index < -0.39 is 11.7 Å². The Kier molecular flexibility index (Phi) is 4.93. The van der Waals surface area contributed by atoms with Crippen LogP contribution in [0.1, 0.15) is 28.1 Å². The third-order valence-electron chi connectivity index (χ3n) is 5.24. The zero-order chi connectivity index (χ0) is 20.7. The lowest BCUT2D eigenvalue weighted by molar-refractivity contribution is 0.100. The highest BCUT2D eigenvalue weighted by molar-refractivity contribution is 7.21. The number of fused-ring (bicyclic) bond motifs is 1. The number of hydrogen-bond acceptors (Lipinski definition) is 7. The zero-order valence-corrected chi connectivity index (χ0v) is 16.4. The van der Waals surface area contributed by atoms with E-state index in [-0.39, 0.29) is 22.2 Å². The quantitative estimate of drug-likeness (QED) is 0.489. The molecule has 0 bridgehead atoms. The van der Waals surface area contributed by atoms with Crippen molar-refractivity contribution in [2.75, 3.05) is 23.7 Å². The van der Waals surface area contributed by atoms with Gasteiger partial charge in [0.25, 0.3) is 5.91 Å². The van der Waals surface area contributed by atoms with Gasteiger partial charge in [0.05, 0.1) is 5.69 Å². The maximum absolute atomic E-state index is 14.4. The van der Waals surface area contributed by atoms with Crippen LogP contribution >= 0.6 is 11.3 Å². The van der Waals surface area contributed by atoms with Gasteiger partial charge in [0, 0.05) is 36.3 Å². The van der Waals surface area contributed by atoms with Crippen LogP contribution in [-0.4, -0.2) is 36.2 Å². The molecule has 1 aromatic carbocycles. The number of nitrogens with two attached hydrogens (primary N) is 3. The monoisotopic (exact) mass is 412 g/mol. The summed E-state index contributed by atoms with van der Waals surface area (Å²) in [5.41, 5.74) is 19.4. The van der Waals surface area contributed by atoms with E-state index in [1.807, 2.05) is 6.07 Å². The average molecular weight is 412 g/mol. The molecule has 1 saturated heterocycles. The van der Waals surface area contributed by atoms with Gasteiger partial charge in [-0.1, -0.05) is 6.07 Å². The lowest BCUT2D eigenvalue weighted by atomic mass is 10.00. The standard InChI is InChI=1S/C20H21FN6OS/c21-14-7-10(1-2-11(14)9-22)13-8-15(27-5-3-12(23)4-6-27)26-20-16(13)17(24)18(29-20)19(25)28/h1-2,7-9,12,22H,3-6,23-24H2,(H2,25,28). The van der Waals surface area contributed by atoms with Crippen LogP contribution in [0.2, 0.25) is 0 Å². The Morgan fingerprint density at radius 3 is 2.66 bits per heavy atom. The molecule has 1 aliphatic heterocycles. The van der Waals surface area contributed by atoms with Crippen molar-refractivity contribution in [1.82, 2.24) is 4.98 Å². The van der Waals surface area contributed by atoms with Crippen molar-refractivity contribution in [2.24, 2.45) is 11.5 Å². The summed E-state index contributed by atoms with van der Waals surface area (Å²) in [6.07, 6.45) is 2.68. The Morgan fingerprint density at radius 1 is 1.31 bits per heavy atom. The highest BCUT2D eigenvalue weighted by Crippen LogP contribution is 2.41. The summed E-state index contributed by atoms with van der Waals surface area (Å²) in [5.74, 6) is -0.391. The summed E-state index contributed by atoms with van der Waals surface area (Å²) in [4.78, 5) is 19.5. The highest BCUT2D eigenvalue weighted by atomic mass is 32.1. The number of carbonyl (C=O) groups excluding carboxylic acids is 1. The molecular weight excluding hydrogens is 391 g/mol. The molecule has 0 radical (unpaired) electrons. The Bertz CT molecular complexity index is 1120. The Labute approximate surface area is 170 Å². The maximum Gasteiger partial charge on any atom is 0.260 e. The van der Waals surface area contributed by atoms with Crippen molar-refractivity contribution in [1.29, 1.82) is 5.41 Å². The van der Waals surface area contributed by atoms with Crippen molar-refractivity contribution >= 4 is 45.2 Å². The SMILES string of the molecule is N=Cc1ccc(-c2cc(N3CCC(N)CC3)nc3sc(C(N)=O)c(N)c23)cc1F. The van der Waals surface area contributed by atoms with E-state index in [0.29, 0.717) is 21.3 Å². The molecule has 7 N–H and O–H groups in total. The number of benzene rings is 1. The van der Waals surface area contributed by atoms with E-state index >= 15 is 0 Å². The van der Waals surface area contributed by atoms with Gasteiger partial charge in [-0.15, -0.1) is 11.3 Å². The van der Waals surface area contributed by atoms with Gasteiger partial charge in [-0.2, -0.15) is 0 Å². The van der Waals surface area contributed by atoms with E-state index in [4.69, 9.17) is 27.6 Å². The molecule has 1 amide bonds. The molecule has 2 aromatic heterocycles. The number of nitrogens with one attached hydrogen (secondary N) is 1. The van der Waals surface area contributed by atoms with Gasteiger partial charge in [-0.3, -0.25) is 4.79 Å². The minimum Gasteiger partial charge on any atom is -0.397 e. The smallest absolute Gasteiger partial charge is 0.260 e. The van der Waals surface area contributed by atoms with E-state index in [9.17, 15) is 9.18 Å². The van der Waals surface area contributed by atoms with Gasteiger partial charge in [0.15, 0.2) is 0 Å². The first kappa shape index (κ1) is 19.3. The fourth-order valence-corrected chi connectivity index (χ4v) is 4.59. The summed E-state index contributed by atoms with van der Waals surface area (Å²) < 4.78 is 14.4. The Hall–Kier alpha value is -3.04. The number of carbonyl (C=O) groups is 1. The minimum atomic E-state index is -0.618. The van der Waals surface area contributed by atoms with Crippen LogP contribution in [0.5, 0.6) is 0 Å². The molecule has 1 fully saturated rings. The van der Waals surface area contributed by atoms with Gasteiger partial charge < -0.3 is 27.5 Å². The van der Waals surface area contributed by atoms with Gasteiger partial charge in [-0.25, -0.2) is 9.37 Å². The molecule has 0 spiro atoms. The van der Waals surface area contributed by atoms with Crippen molar-refractivity contribution in [3.63, 3.8) is 0 Å². The fourth-order valence-electron chi connectivity index (χ4n) is 3.62. The lowest BCUT2D eigenvalue weighted by Gasteiger charge is -2.31. The van der Waals surface area contributed by atoms with Crippen molar-refractivity contribution in [2.45, 2.75) is 18.9 Å². The molecule has 3 aromatic rings. The maximum atomic E-state index is 14.4. The second-order valence-electron chi connectivity index (χ2n) is 7.12. The Balaban J connectivity index is 1.93. The number of hydrogen-bond donors (Lipinski definition) is 4. The molecule has 9 heteroatoms. The van der Waals surface area contributed by atoms with E-state index in [2.05, 4.69) is 4.90 Å². The molecule has 0 atom stereocenters. The average Bonchev–Trinajstić information content (AvgIpc) is 3.05. The van der Waals surface area contributed by atoms with E-state index in [1.165, 1.54) is 6.07 Å². The molecule has 4 rings (SSSR count). The minimum absolute atomic E-state index is 0.177. The third-order valence-corrected chi connectivity index (χ3v) is 6.35. The van der Waals surface area contributed by atoms with Crippen LogP contribution in [0.25, 0.3) is 21.3 Å². The summed E-state index contributed by atoms with van der Waals surface area (Å²) in [6.45, 7) is 1.54. The summed E-state index contributed by atoms with van der Waals surface area (Å²) >= 11 is 1.14. The number of rotatable bonds is 4. The van der Waals surface area contributed by atoms with E-state index in [1.54, 1.807) is 12.1 Å². The van der Waals surface area contributed by atoms with Gasteiger partial charge in [0.2, 0.25) is 0 Å². The molecule has 3 heterocycles. The molecular formula is C20H21FN6OS. The van der Waals surface area contributed by atoms with Crippen molar-refractivity contribution in [3.8, 4) is 11.1 Å². The molecule has 0 aliphatic carbocycles. The topological polar surface area (TPSA) is 135 Å². The first-order valence-corrected chi connectivity index (χ1v) is 10.0. The largest absolute Gasteiger partial charge is 0.397 e. The second kappa shape index (κ2) is 7.41. The van der Waals surface area contributed by atoms with Gasteiger partial charge >= 0.3 is 0 Å². The molecule has 0 unspecified atom stereocenters. The number of piperidine rings is 1. The predicted molar refractivity (Wildman–Crippen MR) is 115 cm³/mol. The predicted octanol–water partition coefficient (Wildman–Crippen LogP) is 2.71. The Morgan fingerprint density at radius 2 is 2.03 bits per heavy atom. The first-order valence-electron chi connectivity index (χ1n) is 9.22. The number of nitrogen functional groups attached to an aromatic ring is 1. The molecule has 1 aliphatic rings. The fraction of sp³-hybridized carbons (Fsp3) is 0.250. The summed E-state index contributed by atoms with van der Waals surface area (Å²) in [6, 6.07) is 6.69. The van der Waals surface area contributed by atoms with Crippen molar-refractivity contribution in [3.05, 3.63) is 40.5 Å². The van der Waals surface area contributed by atoms with Gasteiger partial charge in [0.1, 0.15) is 21.3 Å². The number of halogens is 1. The van der Waals surface area contributed by atoms with Crippen molar-refractivity contribution < 1.29 is 9.18 Å². The van der Waals surface area contributed by atoms with Crippen LogP contribution in [0.3, 0.4) is 0 Å². The summed E-state index contributed by atoms with van der Waals surface area (Å²) in [7, 11) is 0. The number of aromatic nitrogens is 1. The number of nitrogens with zero attached hydrogens (tertiary/aromatic N) is 2. The zero-order valence-electron chi connectivity index (χ0n) is 15.6. The number of pyridine rings is 1. The second-order valence-corrected chi connectivity index (χ2v) is 8.12. The first-order chi connectivity index (χ1) is 13.9. The highest BCUT2D eigenvalue weighted by Gasteiger charge is 2.23. The number of primary amides is 1. The third kappa shape index (κ3) is 3.43. The van der Waals surface area contributed by atoms with Crippen LogP contribution in [0.4, 0.5) is 15.9 Å². The number of amides is 1. The molecule has 29 heavy (non-hydrogen) atoms. The van der Waals surface area contributed by atoms with Crippen LogP contribution in [0.15, 0.2) is 24.3 Å². The van der Waals surface area contributed by atoms with Crippen LogP contribution in [-0.2, 0) is 0 Å². The van der Waals surface area contributed by atoms with Gasteiger partial charge in [-0.05, 0) is 42.2 Å². The number of thiophene rings is 1. The number of anilines is 2. The molecule has 7 nitrogen and oxygen atoms in total.